The predicted molar refractivity (Wildman–Crippen MR) is 106 cm³/mol. The molecule has 0 radical (unpaired) electrons. The van der Waals surface area contributed by atoms with Gasteiger partial charge in [0.15, 0.2) is 6.61 Å². The number of halogens is 1. The molecule has 0 aliphatic carbocycles. The third-order valence-corrected chi connectivity index (χ3v) is 4.91. The van der Waals surface area contributed by atoms with Crippen LogP contribution in [0, 0.1) is 0 Å². The standard InChI is InChI=1S/C21H25ClN2O2/c1-2-24-13-3-4-17-14-16(5-10-20(17)24)11-12-23-21(25)15-26-19-8-6-18(22)7-9-19/h5-10,14H,2-4,11-13,15H2,1H3,(H,23,25). The zero-order valence-electron chi connectivity index (χ0n) is 15.1. The van der Waals surface area contributed by atoms with Crippen LogP contribution < -0.4 is 15.0 Å². The maximum Gasteiger partial charge on any atom is 0.257 e. The number of ether oxygens (including phenoxy) is 1. The van der Waals surface area contributed by atoms with E-state index in [2.05, 4.69) is 35.3 Å². The summed E-state index contributed by atoms with van der Waals surface area (Å²) >= 11 is 5.82. The number of hydrogen-bond acceptors (Lipinski definition) is 3. The van der Waals surface area contributed by atoms with E-state index < -0.39 is 0 Å². The molecular formula is C21H25ClN2O2. The van der Waals surface area contributed by atoms with E-state index in [0.717, 1.165) is 25.9 Å². The normalized spacial score (nSPS) is 13.2. The topological polar surface area (TPSA) is 41.6 Å². The van der Waals surface area contributed by atoms with E-state index in [0.29, 0.717) is 17.3 Å². The Kier molecular flexibility index (Phi) is 6.40. The van der Waals surface area contributed by atoms with Crippen molar-refractivity contribution in [3.8, 4) is 5.75 Å². The number of hydrogen-bond donors (Lipinski definition) is 1. The van der Waals surface area contributed by atoms with Gasteiger partial charge in [0.2, 0.25) is 0 Å². The summed E-state index contributed by atoms with van der Waals surface area (Å²) in [7, 11) is 0. The van der Waals surface area contributed by atoms with Crippen LogP contribution in [0.2, 0.25) is 5.02 Å². The fraction of sp³-hybridized carbons (Fsp3) is 0.381. The molecule has 1 aliphatic heterocycles. The van der Waals surface area contributed by atoms with Gasteiger partial charge in [-0.15, -0.1) is 0 Å². The molecule has 0 spiro atoms. The van der Waals surface area contributed by atoms with Gasteiger partial charge < -0.3 is 15.0 Å². The molecule has 2 aromatic rings. The maximum atomic E-state index is 11.9. The summed E-state index contributed by atoms with van der Waals surface area (Å²) in [6.45, 7) is 5.02. The second-order valence-corrected chi connectivity index (χ2v) is 6.93. The number of fused-ring (bicyclic) bond motifs is 1. The molecule has 3 rings (SSSR count). The average Bonchev–Trinajstić information content (AvgIpc) is 2.67. The number of carbonyl (C=O) groups excluding carboxylic acids is 1. The van der Waals surface area contributed by atoms with Crippen molar-refractivity contribution >= 4 is 23.2 Å². The van der Waals surface area contributed by atoms with Crippen LogP contribution in [0.5, 0.6) is 5.75 Å². The summed E-state index contributed by atoms with van der Waals surface area (Å²) in [6, 6.07) is 13.7. The van der Waals surface area contributed by atoms with Crippen LogP contribution in [0.4, 0.5) is 5.69 Å². The van der Waals surface area contributed by atoms with E-state index in [4.69, 9.17) is 16.3 Å². The highest BCUT2D eigenvalue weighted by Crippen LogP contribution is 2.27. The predicted octanol–water partition coefficient (Wildman–Crippen LogP) is 3.85. The maximum absolute atomic E-state index is 11.9. The lowest BCUT2D eigenvalue weighted by atomic mass is 9.98. The fourth-order valence-electron chi connectivity index (χ4n) is 3.29. The van der Waals surface area contributed by atoms with Crippen molar-refractivity contribution < 1.29 is 9.53 Å². The summed E-state index contributed by atoms with van der Waals surface area (Å²) < 4.78 is 5.45. The van der Waals surface area contributed by atoms with Crippen molar-refractivity contribution in [2.45, 2.75) is 26.2 Å². The van der Waals surface area contributed by atoms with Crippen LogP contribution in [-0.4, -0.2) is 32.1 Å². The smallest absolute Gasteiger partial charge is 0.257 e. The number of nitrogens with zero attached hydrogens (tertiary/aromatic N) is 1. The lowest BCUT2D eigenvalue weighted by Crippen LogP contribution is -2.31. The van der Waals surface area contributed by atoms with Gasteiger partial charge in [-0.25, -0.2) is 0 Å². The largest absolute Gasteiger partial charge is 0.484 e. The van der Waals surface area contributed by atoms with Crippen LogP contribution >= 0.6 is 11.6 Å². The van der Waals surface area contributed by atoms with Gasteiger partial charge in [-0.3, -0.25) is 4.79 Å². The molecule has 0 atom stereocenters. The lowest BCUT2D eigenvalue weighted by Gasteiger charge is -2.30. The van der Waals surface area contributed by atoms with Crippen molar-refractivity contribution in [2.24, 2.45) is 0 Å². The van der Waals surface area contributed by atoms with Crippen molar-refractivity contribution in [1.82, 2.24) is 5.32 Å². The molecule has 4 nitrogen and oxygen atoms in total. The zero-order valence-corrected chi connectivity index (χ0v) is 15.9. The third-order valence-electron chi connectivity index (χ3n) is 4.66. The first-order valence-corrected chi connectivity index (χ1v) is 9.55. The van der Waals surface area contributed by atoms with Crippen molar-refractivity contribution in [3.05, 3.63) is 58.6 Å². The summed E-state index contributed by atoms with van der Waals surface area (Å²) in [4.78, 5) is 14.3. The molecule has 0 unspecified atom stereocenters. The monoisotopic (exact) mass is 372 g/mol. The van der Waals surface area contributed by atoms with Gasteiger partial charge in [0.1, 0.15) is 5.75 Å². The molecule has 1 N–H and O–H groups in total. The van der Waals surface area contributed by atoms with E-state index in [9.17, 15) is 4.79 Å². The van der Waals surface area contributed by atoms with Gasteiger partial charge >= 0.3 is 0 Å². The summed E-state index contributed by atoms with van der Waals surface area (Å²) in [5.74, 6) is 0.523. The van der Waals surface area contributed by atoms with Gasteiger partial charge in [-0.2, -0.15) is 0 Å². The molecule has 0 saturated heterocycles. The van der Waals surface area contributed by atoms with Crippen LogP contribution in [0.15, 0.2) is 42.5 Å². The second kappa shape index (κ2) is 8.95. The van der Waals surface area contributed by atoms with E-state index in [-0.39, 0.29) is 12.5 Å². The molecule has 1 heterocycles. The third kappa shape index (κ3) is 4.92. The van der Waals surface area contributed by atoms with E-state index in [1.54, 1.807) is 24.3 Å². The van der Waals surface area contributed by atoms with Crippen LogP contribution in [0.3, 0.4) is 0 Å². The SMILES string of the molecule is CCN1CCCc2cc(CCNC(=O)COc3ccc(Cl)cc3)ccc21. The zero-order chi connectivity index (χ0) is 18.4. The highest BCUT2D eigenvalue weighted by Gasteiger charge is 2.15. The Bertz CT molecular complexity index is 746. The molecule has 0 bridgehead atoms. The number of benzene rings is 2. The molecule has 1 aliphatic rings. The van der Waals surface area contributed by atoms with Crippen LogP contribution in [0.1, 0.15) is 24.5 Å². The second-order valence-electron chi connectivity index (χ2n) is 6.49. The molecular weight excluding hydrogens is 348 g/mol. The number of anilines is 1. The molecule has 26 heavy (non-hydrogen) atoms. The van der Waals surface area contributed by atoms with Crippen molar-refractivity contribution in [1.29, 1.82) is 0 Å². The number of amides is 1. The minimum Gasteiger partial charge on any atom is -0.484 e. The number of rotatable bonds is 7. The molecule has 0 saturated carbocycles. The number of carbonyl (C=O) groups is 1. The van der Waals surface area contributed by atoms with Gasteiger partial charge in [-0.05, 0) is 67.6 Å². The number of aryl methyl sites for hydroxylation is 1. The van der Waals surface area contributed by atoms with Gasteiger partial charge in [0.25, 0.3) is 5.91 Å². The molecule has 1 amide bonds. The first-order valence-electron chi connectivity index (χ1n) is 9.17. The highest BCUT2D eigenvalue weighted by molar-refractivity contribution is 6.30. The van der Waals surface area contributed by atoms with Gasteiger partial charge in [0.05, 0.1) is 0 Å². The highest BCUT2D eigenvalue weighted by atomic mass is 35.5. The fourth-order valence-corrected chi connectivity index (χ4v) is 3.42. The van der Waals surface area contributed by atoms with Crippen molar-refractivity contribution in [2.75, 3.05) is 31.1 Å². The summed E-state index contributed by atoms with van der Waals surface area (Å²) in [6.07, 6.45) is 3.18. The lowest BCUT2D eigenvalue weighted by molar-refractivity contribution is -0.123. The average molecular weight is 373 g/mol. The number of nitrogens with one attached hydrogen (secondary N) is 1. The quantitative estimate of drug-likeness (QED) is 0.802. The Balaban J connectivity index is 1.44. The minimum atomic E-state index is -0.116. The molecule has 138 valence electrons. The molecule has 0 fully saturated rings. The Morgan fingerprint density at radius 2 is 2.04 bits per heavy atom. The summed E-state index contributed by atoms with van der Waals surface area (Å²) in [5, 5.41) is 3.56. The van der Waals surface area contributed by atoms with Crippen LogP contribution in [-0.2, 0) is 17.6 Å². The van der Waals surface area contributed by atoms with Crippen molar-refractivity contribution in [3.63, 3.8) is 0 Å². The van der Waals surface area contributed by atoms with Gasteiger partial charge in [0, 0.05) is 30.3 Å². The first-order chi connectivity index (χ1) is 12.7. The van der Waals surface area contributed by atoms with Crippen LogP contribution in [0.25, 0.3) is 0 Å². The Labute approximate surface area is 160 Å². The molecule has 2 aromatic carbocycles. The van der Waals surface area contributed by atoms with E-state index in [1.165, 1.54) is 23.2 Å². The van der Waals surface area contributed by atoms with E-state index in [1.807, 2.05) is 0 Å². The first kappa shape index (κ1) is 18.6. The molecule has 5 heteroatoms. The Morgan fingerprint density at radius 1 is 1.23 bits per heavy atom. The van der Waals surface area contributed by atoms with E-state index >= 15 is 0 Å². The minimum absolute atomic E-state index is 0.0112. The summed E-state index contributed by atoms with van der Waals surface area (Å²) in [5.41, 5.74) is 4.05. The molecule has 0 aromatic heterocycles. The Hall–Kier alpha value is -2.20. The Morgan fingerprint density at radius 3 is 2.81 bits per heavy atom. The van der Waals surface area contributed by atoms with Gasteiger partial charge in [-0.1, -0.05) is 23.7 Å².